The van der Waals surface area contributed by atoms with Crippen molar-refractivity contribution < 1.29 is 9.90 Å². The normalized spacial score (nSPS) is 21.0. The zero-order valence-corrected chi connectivity index (χ0v) is 17.2. The van der Waals surface area contributed by atoms with Crippen LogP contribution < -0.4 is 10.2 Å². The van der Waals surface area contributed by atoms with Crippen molar-refractivity contribution >= 4 is 19.7 Å². The Bertz CT molecular complexity index is 698. The first kappa shape index (κ1) is 19.6. The van der Waals surface area contributed by atoms with E-state index in [-0.39, 0.29) is 30.5 Å². The van der Waals surface area contributed by atoms with Gasteiger partial charge in [0, 0.05) is 18.3 Å². The van der Waals surface area contributed by atoms with Gasteiger partial charge in [-0.3, -0.25) is 4.79 Å². The summed E-state index contributed by atoms with van der Waals surface area (Å²) >= 11 is 0. The number of rotatable bonds is 2. The van der Waals surface area contributed by atoms with E-state index in [0.29, 0.717) is 6.42 Å². The van der Waals surface area contributed by atoms with Crippen LogP contribution in [0.1, 0.15) is 25.0 Å². The molecule has 0 aromatic heterocycles. The van der Waals surface area contributed by atoms with Crippen LogP contribution in [0.4, 0.5) is 5.69 Å². The molecule has 2 N–H and O–H groups in total. The van der Waals surface area contributed by atoms with E-state index < -0.39 is 8.07 Å². The van der Waals surface area contributed by atoms with Gasteiger partial charge in [-0.2, -0.15) is 0 Å². The molecular weight excluding hydrogens is 328 g/mol. The number of aliphatic hydroxyl groups is 1. The smallest absolute Gasteiger partial charge is 0.243 e. The fourth-order valence-corrected chi connectivity index (χ4v) is 3.71. The Kier molecular flexibility index (Phi) is 5.97. The molecule has 0 saturated carbocycles. The number of carbonyl (C=O) groups is 1. The Morgan fingerprint density at radius 2 is 2.04 bits per heavy atom. The second-order valence-corrected chi connectivity index (χ2v) is 13.0. The fourth-order valence-electron chi connectivity index (χ4n) is 3.19. The molecule has 2 atom stereocenters. The van der Waals surface area contributed by atoms with E-state index in [2.05, 4.69) is 53.5 Å². The summed E-state index contributed by atoms with van der Waals surface area (Å²) < 4.78 is 0. The third-order valence-electron chi connectivity index (χ3n) is 4.40. The molecule has 1 aromatic rings. The van der Waals surface area contributed by atoms with Crippen LogP contribution in [0.2, 0.25) is 19.6 Å². The summed E-state index contributed by atoms with van der Waals surface area (Å²) in [6, 6.07) is 5.69. The van der Waals surface area contributed by atoms with E-state index in [1.807, 2.05) is 27.0 Å². The van der Waals surface area contributed by atoms with Crippen LogP contribution in [-0.4, -0.2) is 44.8 Å². The topological polar surface area (TPSA) is 52.6 Å². The van der Waals surface area contributed by atoms with E-state index >= 15 is 0 Å². The zero-order valence-electron chi connectivity index (χ0n) is 16.2. The largest absolute Gasteiger partial charge is 0.394 e. The summed E-state index contributed by atoms with van der Waals surface area (Å²) in [6.07, 6.45) is 0.620. The standard InChI is InChI=1S/C20H30N2O2Si/c1-14(2)19-20(24)21-17(13-23)12-16-8-7-15(9-10-25(4,5)6)11-18(16)22(19)3/h7-8,11,14,17,19,23H,12-13H2,1-6H3,(H,21,24)/t17-,19-/m0/s1. The van der Waals surface area contributed by atoms with Crippen LogP contribution in [0.25, 0.3) is 0 Å². The SMILES string of the molecule is CC(C)[C@H]1C(=O)N[C@H](CO)Cc2ccc(C#C[Si](C)(C)C)cc2N1C. The van der Waals surface area contributed by atoms with Crippen molar-refractivity contribution in [3.05, 3.63) is 29.3 Å². The summed E-state index contributed by atoms with van der Waals surface area (Å²) in [5.41, 5.74) is 6.55. The first-order chi connectivity index (χ1) is 11.6. The molecule has 0 spiro atoms. The minimum absolute atomic E-state index is 0.0270. The van der Waals surface area contributed by atoms with Gasteiger partial charge < -0.3 is 15.3 Å². The highest BCUT2D eigenvalue weighted by atomic mass is 28.3. The summed E-state index contributed by atoms with van der Waals surface area (Å²) in [7, 11) is 0.529. The number of carbonyl (C=O) groups excluding carboxylic acids is 1. The van der Waals surface area contributed by atoms with Crippen molar-refractivity contribution in [2.75, 3.05) is 18.6 Å². The first-order valence-corrected chi connectivity index (χ1v) is 12.4. The number of nitrogens with one attached hydrogen (secondary N) is 1. The van der Waals surface area contributed by atoms with Crippen molar-refractivity contribution in [1.82, 2.24) is 5.32 Å². The molecule has 0 unspecified atom stereocenters. The quantitative estimate of drug-likeness (QED) is 0.630. The molecule has 2 rings (SSSR count). The molecule has 0 bridgehead atoms. The number of benzene rings is 1. The lowest BCUT2D eigenvalue weighted by molar-refractivity contribution is -0.124. The van der Waals surface area contributed by atoms with Crippen molar-refractivity contribution in [2.24, 2.45) is 5.92 Å². The first-order valence-electron chi connectivity index (χ1n) is 8.92. The van der Waals surface area contributed by atoms with Crippen molar-refractivity contribution in [1.29, 1.82) is 0 Å². The molecule has 0 saturated heterocycles. The molecular formula is C20H30N2O2Si. The predicted octanol–water partition coefficient (Wildman–Crippen LogP) is 2.41. The van der Waals surface area contributed by atoms with E-state index in [1.54, 1.807) is 0 Å². The molecule has 0 radical (unpaired) electrons. The van der Waals surface area contributed by atoms with Gasteiger partial charge in [0.1, 0.15) is 14.1 Å². The lowest BCUT2D eigenvalue weighted by Crippen LogP contribution is -2.54. The maximum absolute atomic E-state index is 12.7. The molecule has 5 heteroatoms. The van der Waals surface area contributed by atoms with Crippen LogP contribution in [0.15, 0.2) is 18.2 Å². The van der Waals surface area contributed by atoms with Gasteiger partial charge >= 0.3 is 0 Å². The lowest BCUT2D eigenvalue weighted by atomic mass is 9.94. The second-order valence-electron chi connectivity index (χ2n) is 8.24. The highest BCUT2D eigenvalue weighted by Gasteiger charge is 2.32. The molecule has 25 heavy (non-hydrogen) atoms. The maximum Gasteiger partial charge on any atom is 0.243 e. The third kappa shape index (κ3) is 4.87. The summed E-state index contributed by atoms with van der Waals surface area (Å²) in [6.45, 7) is 10.7. The van der Waals surface area contributed by atoms with Crippen LogP contribution in [0.3, 0.4) is 0 Å². The van der Waals surface area contributed by atoms with Gasteiger partial charge in [0.25, 0.3) is 0 Å². The average molecular weight is 359 g/mol. The van der Waals surface area contributed by atoms with Gasteiger partial charge in [0.2, 0.25) is 5.91 Å². The van der Waals surface area contributed by atoms with Crippen molar-refractivity contribution in [2.45, 2.75) is 52.0 Å². The molecule has 1 aliphatic rings. The van der Waals surface area contributed by atoms with E-state index in [9.17, 15) is 9.90 Å². The highest BCUT2D eigenvalue weighted by molar-refractivity contribution is 6.83. The van der Waals surface area contributed by atoms with Gasteiger partial charge in [0.15, 0.2) is 0 Å². The Morgan fingerprint density at radius 1 is 1.36 bits per heavy atom. The van der Waals surface area contributed by atoms with Crippen molar-refractivity contribution in [3.63, 3.8) is 0 Å². The van der Waals surface area contributed by atoms with Gasteiger partial charge in [-0.15, -0.1) is 5.54 Å². The van der Waals surface area contributed by atoms with Crippen LogP contribution in [0, 0.1) is 17.4 Å². The average Bonchev–Trinajstić information content (AvgIpc) is 2.50. The molecule has 0 fully saturated rings. The highest BCUT2D eigenvalue weighted by Crippen LogP contribution is 2.28. The minimum Gasteiger partial charge on any atom is -0.394 e. The Morgan fingerprint density at radius 3 is 2.60 bits per heavy atom. The number of hydrogen-bond donors (Lipinski definition) is 2. The molecule has 4 nitrogen and oxygen atoms in total. The van der Waals surface area contributed by atoms with Crippen LogP contribution in [-0.2, 0) is 11.2 Å². The van der Waals surface area contributed by atoms with Crippen LogP contribution in [0.5, 0.6) is 0 Å². The second kappa shape index (κ2) is 7.63. The predicted molar refractivity (Wildman–Crippen MR) is 106 cm³/mol. The molecule has 1 amide bonds. The number of nitrogens with zero attached hydrogens (tertiary/aromatic N) is 1. The number of likely N-dealkylation sites (N-methyl/N-ethyl adjacent to an activating group) is 1. The number of anilines is 1. The fraction of sp³-hybridized carbons (Fsp3) is 0.550. The van der Waals surface area contributed by atoms with E-state index in [0.717, 1.165) is 16.8 Å². The van der Waals surface area contributed by atoms with E-state index in [4.69, 9.17) is 0 Å². The molecule has 0 aliphatic carbocycles. The minimum atomic E-state index is -1.44. The van der Waals surface area contributed by atoms with Gasteiger partial charge in [-0.1, -0.05) is 45.5 Å². The van der Waals surface area contributed by atoms with Gasteiger partial charge in [0.05, 0.1) is 12.6 Å². The lowest BCUT2D eigenvalue weighted by Gasteiger charge is -2.37. The van der Waals surface area contributed by atoms with Gasteiger partial charge in [-0.05, 0) is 30.0 Å². The number of aliphatic hydroxyl groups excluding tert-OH is 1. The Labute approximate surface area is 152 Å². The van der Waals surface area contributed by atoms with Crippen LogP contribution >= 0.6 is 0 Å². The molecule has 1 aliphatic heterocycles. The van der Waals surface area contributed by atoms with E-state index in [1.165, 1.54) is 0 Å². The Balaban J connectivity index is 2.51. The number of fused-ring (bicyclic) bond motifs is 1. The third-order valence-corrected chi connectivity index (χ3v) is 5.27. The maximum atomic E-state index is 12.7. The van der Waals surface area contributed by atoms with Crippen molar-refractivity contribution in [3.8, 4) is 11.5 Å². The molecule has 1 heterocycles. The molecule has 1 aromatic carbocycles. The number of amides is 1. The summed E-state index contributed by atoms with van der Waals surface area (Å²) in [5.74, 6) is 3.44. The Hall–Kier alpha value is -1.77. The monoisotopic (exact) mass is 358 g/mol. The zero-order chi connectivity index (χ0) is 18.8. The van der Waals surface area contributed by atoms with Gasteiger partial charge in [-0.25, -0.2) is 0 Å². The summed E-state index contributed by atoms with van der Waals surface area (Å²) in [4.78, 5) is 14.7. The number of hydrogen-bond acceptors (Lipinski definition) is 3. The summed E-state index contributed by atoms with van der Waals surface area (Å²) in [5, 5.41) is 12.6. The molecule has 136 valence electrons.